The molecule has 0 aromatic heterocycles. The van der Waals surface area contributed by atoms with Crippen LogP contribution in [-0.2, 0) is 15.8 Å². The van der Waals surface area contributed by atoms with Crippen LogP contribution in [0.5, 0.6) is 0 Å². The number of imide groups is 1. The predicted octanol–water partition coefficient (Wildman–Crippen LogP) is 2.85. The van der Waals surface area contributed by atoms with Crippen molar-refractivity contribution in [2.45, 2.75) is 44.3 Å². The van der Waals surface area contributed by atoms with Crippen molar-refractivity contribution in [3.05, 3.63) is 29.8 Å². The van der Waals surface area contributed by atoms with Crippen LogP contribution in [0.15, 0.2) is 24.3 Å². The average Bonchev–Trinajstić information content (AvgIpc) is 3.00. The van der Waals surface area contributed by atoms with Gasteiger partial charge in [0, 0.05) is 31.9 Å². The van der Waals surface area contributed by atoms with Gasteiger partial charge in [-0.15, -0.1) is 0 Å². The molecule has 1 aliphatic carbocycles. The predicted molar refractivity (Wildman–Crippen MR) is 111 cm³/mol. The molecule has 0 radical (unpaired) electrons. The largest absolute Gasteiger partial charge is 0.416 e. The van der Waals surface area contributed by atoms with E-state index < -0.39 is 23.3 Å². The Morgan fingerprint density at radius 2 is 1.88 bits per heavy atom. The smallest absolute Gasteiger partial charge is 0.368 e. The zero-order valence-corrected chi connectivity index (χ0v) is 18.0. The van der Waals surface area contributed by atoms with Gasteiger partial charge in [0.05, 0.1) is 5.56 Å². The summed E-state index contributed by atoms with van der Waals surface area (Å²) < 4.78 is 38.9. The molecule has 4 amide bonds. The number of benzene rings is 1. The molecule has 2 aliphatic heterocycles. The lowest BCUT2D eigenvalue weighted by atomic mass is 9.73. The van der Waals surface area contributed by atoms with Crippen molar-refractivity contribution in [2.24, 2.45) is 5.92 Å². The molecule has 1 aromatic rings. The van der Waals surface area contributed by atoms with Gasteiger partial charge in [-0.3, -0.25) is 14.5 Å². The topological polar surface area (TPSA) is 73.0 Å². The highest BCUT2D eigenvalue weighted by molar-refractivity contribution is 6.09. The van der Waals surface area contributed by atoms with E-state index >= 15 is 0 Å². The van der Waals surface area contributed by atoms with Gasteiger partial charge >= 0.3 is 12.2 Å². The van der Waals surface area contributed by atoms with E-state index in [0.29, 0.717) is 38.3 Å². The van der Waals surface area contributed by atoms with Gasteiger partial charge in [-0.05, 0) is 37.0 Å². The number of anilines is 1. The number of amides is 4. The molecule has 10 heteroatoms. The number of hydrogen-bond acceptors (Lipinski definition) is 4. The summed E-state index contributed by atoms with van der Waals surface area (Å²) in [5.74, 6) is -0.646. The number of carbonyl (C=O) groups is 3. The Hall–Kier alpha value is -2.78. The second-order valence-corrected chi connectivity index (χ2v) is 8.86. The molecule has 2 heterocycles. The van der Waals surface area contributed by atoms with Crippen LogP contribution < -0.4 is 10.2 Å². The third-order valence-electron chi connectivity index (χ3n) is 6.97. The van der Waals surface area contributed by atoms with E-state index in [4.69, 9.17) is 0 Å². The van der Waals surface area contributed by atoms with Gasteiger partial charge in [0.2, 0.25) is 5.91 Å². The first kappa shape index (κ1) is 22.4. The zero-order valence-electron chi connectivity index (χ0n) is 18.0. The highest BCUT2D eigenvalue weighted by atomic mass is 19.4. The molecule has 3 aliphatic rings. The number of carbonyl (C=O) groups excluding carboxylic acids is 3. The Labute approximate surface area is 184 Å². The summed E-state index contributed by atoms with van der Waals surface area (Å²) in [5.41, 5.74) is -1.16. The fourth-order valence-electron chi connectivity index (χ4n) is 4.97. The van der Waals surface area contributed by atoms with Gasteiger partial charge in [-0.1, -0.05) is 25.8 Å². The average molecular weight is 452 g/mol. The van der Waals surface area contributed by atoms with Crippen LogP contribution in [0.1, 0.15) is 38.2 Å². The maximum Gasteiger partial charge on any atom is 0.416 e. The van der Waals surface area contributed by atoms with E-state index in [2.05, 4.69) is 5.32 Å². The maximum absolute atomic E-state index is 13.0. The van der Waals surface area contributed by atoms with Crippen LogP contribution in [0.4, 0.5) is 23.7 Å². The normalized spacial score (nSPS) is 26.6. The van der Waals surface area contributed by atoms with E-state index in [1.165, 1.54) is 6.07 Å². The van der Waals surface area contributed by atoms with Gasteiger partial charge in [-0.25, -0.2) is 4.79 Å². The van der Waals surface area contributed by atoms with Crippen molar-refractivity contribution in [3.8, 4) is 0 Å². The lowest BCUT2D eigenvalue weighted by molar-refractivity contribution is -0.140. The van der Waals surface area contributed by atoms with E-state index in [9.17, 15) is 27.6 Å². The number of hydrogen-bond donors (Lipinski definition) is 1. The SMILES string of the molecule is CC1CCCCC12NC(=O)N(CC(=O)N1CCN(c3cccc(C(F)(F)F)c3)CC1)C2=O. The number of rotatable bonds is 3. The summed E-state index contributed by atoms with van der Waals surface area (Å²) in [7, 11) is 0. The number of alkyl halides is 3. The molecule has 2 saturated heterocycles. The first-order valence-electron chi connectivity index (χ1n) is 11.0. The third kappa shape index (κ3) is 4.02. The van der Waals surface area contributed by atoms with Crippen molar-refractivity contribution in [1.82, 2.24) is 15.1 Å². The lowest BCUT2D eigenvalue weighted by Crippen LogP contribution is -2.55. The van der Waals surface area contributed by atoms with Crippen LogP contribution in [-0.4, -0.2) is 65.9 Å². The molecule has 1 N–H and O–H groups in total. The van der Waals surface area contributed by atoms with Crippen molar-refractivity contribution >= 4 is 23.5 Å². The van der Waals surface area contributed by atoms with E-state index in [-0.39, 0.29) is 24.3 Å². The summed E-state index contributed by atoms with van der Waals surface area (Å²) >= 11 is 0. The molecule has 2 unspecified atom stereocenters. The third-order valence-corrected chi connectivity index (χ3v) is 6.97. The monoisotopic (exact) mass is 452 g/mol. The van der Waals surface area contributed by atoms with E-state index in [0.717, 1.165) is 36.3 Å². The second-order valence-electron chi connectivity index (χ2n) is 8.86. The Balaban J connectivity index is 1.36. The van der Waals surface area contributed by atoms with Crippen molar-refractivity contribution < 1.29 is 27.6 Å². The minimum Gasteiger partial charge on any atom is -0.368 e. The molecule has 3 fully saturated rings. The van der Waals surface area contributed by atoms with Crippen LogP contribution in [0, 0.1) is 5.92 Å². The van der Waals surface area contributed by atoms with E-state index in [1.807, 2.05) is 6.92 Å². The molecule has 2 atom stereocenters. The van der Waals surface area contributed by atoms with Crippen molar-refractivity contribution in [3.63, 3.8) is 0 Å². The molecule has 1 saturated carbocycles. The molecule has 0 bridgehead atoms. The quantitative estimate of drug-likeness (QED) is 0.716. The first-order chi connectivity index (χ1) is 15.1. The number of nitrogens with one attached hydrogen (secondary N) is 1. The van der Waals surface area contributed by atoms with Crippen LogP contribution in [0.25, 0.3) is 0 Å². The fourth-order valence-corrected chi connectivity index (χ4v) is 4.97. The highest BCUT2D eigenvalue weighted by Gasteiger charge is 2.55. The Morgan fingerprint density at radius 1 is 1.16 bits per heavy atom. The first-order valence-corrected chi connectivity index (χ1v) is 11.0. The second kappa shape index (κ2) is 8.29. The molecule has 32 heavy (non-hydrogen) atoms. The lowest BCUT2D eigenvalue weighted by Gasteiger charge is -2.37. The number of urea groups is 1. The van der Waals surface area contributed by atoms with Gasteiger partial charge in [0.15, 0.2) is 0 Å². The molecule has 4 rings (SSSR count). The Kier molecular flexibility index (Phi) is 5.81. The number of piperazine rings is 1. The minimum atomic E-state index is -4.41. The highest BCUT2D eigenvalue weighted by Crippen LogP contribution is 2.38. The maximum atomic E-state index is 13.0. The van der Waals surface area contributed by atoms with Crippen molar-refractivity contribution in [1.29, 1.82) is 0 Å². The molecule has 7 nitrogen and oxygen atoms in total. The summed E-state index contributed by atoms with van der Waals surface area (Å²) in [6.45, 7) is 2.99. The Morgan fingerprint density at radius 3 is 2.53 bits per heavy atom. The van der Waals surface area contributed by atoms with Gasteiger partial charge in [-0.2, -0.15) is 13.2 Å². The molecular weight excluding hydrogens is 425 g/mol. The summed E-state index contributed by atoms with van der Waals surface area (Å²) in [4.78, 5) is 42.7. The van der Waals surface area contributed by atoms with Gasteiger partial charge < -0.3 is 15.1 Å². The van der Waals surface area contributed by atoms with Gasteiger partial charge in [0.25, 0.3) is 5.91 Å². The summed E-state index contributed by atoms with van der Waals surface area (Å²) in [6.07, 6.45) is -1.11. The summed E-state index contributed by atoms with van der Waals surface area (Å²) in [6, 6.07) is 4.59. The molecule has 1 aromatic carbocycles. The van der Waals surface area contributed by atoms with Crippen LogP contribution in [0.3, 0.4) is 0 Å². The van der Waals surface area contributed by atoms with E-state index in [1.54, 1.807) is 15.9 Å². The van der Waals surface area contributed by atoms with Crippen LogP contribution >= 0.6 is 0 Å². The standard InChI is InChI=1S/C22H27F3N4O3/c1-15-5-2-3-8-21(15)19(31)29(20(32)26-21)14-18(30)28-11-9-27(10-12-28)17-7-4-6-16(13-17)22(23,24)25/h4,6-7,13,15H,2-3,5,8-12,14H2,1H3,(H,26,32). The number of halogens is 3. The number of nitrogens with zero attached hydrogens (tertiary/aromatic N) is 3. The zero-order chi connectivity index (χ0) is 23.1. The summed E-state index contributed by atoms with van der Waals surface area (Å²) in [5, 5.41) is 2.84. The molecular formula is C22H27F3N4O3. The minimum absolute atomic E-state index is 0.0174. The molecule has 1 spiro atoms. The Bertz CT molecular complexity index is 914. The molecule has 174 valence electrons. The van der Waals surface area contributed by atoms with Crippen molar-refractivity contribution in [2.75, 3.05) is 37.6 Å². The van der Waals surface area contributed by atoms with Gasteiger partial charge in [0.1, 0.15) is 12.1 Å². The van der Waals surface area contributed by atoms with Crippen LogP contribution in [0.2, 0.25) is 0 Å². The fraction of sp³-hybridized carbons (Fsp3) is 0.591.